The molecule has 44 heavy (non-hydrogen) atoms. The minimum Gasteiger partial charge on any atom is -0.425 e. The molecule has 0 unspecified atom stereocenters. The Kier molecular flexibility index (Phi) is 16.3. The van der Waals surface area contributed by atoms with Crippen LogP contribution in [0.4, 0.5) is 0 Å². The highest BCUT2D eigenvalue weighted by Gasteiger charge is 2.20. The molecule has 0 spiro atoms. The number of aryl methyl sites for hydroxylation is 2. The summed E-state index contributed by atoms with van der Waals surface area (Å²) in [5.41, 5.74) is 2.12. The Hall–Kier alpha value is -2.88. The summed E-state index contributed by atoms with van der Waals surface area (Å²) in [6, 6.07) is 12.1. The summed E-state index contributed by atoms with van der Waals surface area (Å²) in [6.07, 6.45) is 22.5. The Labute approximate surface area is 267 Å². The summed E-state index contributed by atoms with van der Waals surface area (Å²) in [7, 11) is 0. The van der Waals surface area contributed by atoms with Crippen LogP contribution >= 0.6 is 0 Å². The fourth-order valence-corrected chi connectivity index (χ4v) is 6.09. The van der Waals surface area contributed by atoms with E-state index >= 15 is 0 Å². The first-order valence-corrected chi connectivity index (χ1v) is 17.8. The normalized spacial score (nSPS) is 11.4. The van der Waals surface area contributed by atoms with Gasteiger partial charge in [-0.3, -0.25) is 9.59 Å². The number of ether oxygens (including phenoxy) is 2. The molecule has 0 atom stereocenters. The van der Waals surface area contributed by atoms with Gasteiger partial charge in [0.2, 0.25) is 0 Å². The van der Waals surface area contributed by atoms with E-state index in [0.717, 1.165) is 58.4 Å². The Morgan fingerprint density at radius 1 is 0.455 bits per heavy atom. The molecule has 3 rings (SSSR count). The summed E-state index contributed by atoms with van der Waals surface area (Å²) in [4.78, 5) is 26.1. The van der Waals surface area contributed by atoms with E-state index in [4.69, 9.17) is 9.47 Å². The average Bonchev–Trinajstić information content (AvgIpc) is 3.01. The van der Waals surface area contributed by atoms with Gasteiger partial charge < -0.3 is 9.47 Å². The predicted octanol–water partition coefficient (Wildman–Crippen LogP) is 12.3. The van der Waals surface area contributed by atoms with Gasteiger partial charge in [0.15, 0.2) is 0 Å². The lowest BCUT2D eigenvalue weighted by molar-refractivity contribution is -0.135. The van der Waals surface area contributed by atoms with Crippen molar-refractivity contribution in [3.05, 3.63) is 47.5 Å². The third-order valence-corrected chi connectivity index (χ3v) is 8.73. The van der Waals surface area contributed by atoms with Crippen molar-refractivity contribution in [2.45, 2.75) is 156 Å². The molecule has 0 N–H and O–H groups in total. The van der Waals surface area contributed by atoms with Crippen molar-refractivity contribution in [1.82, 2.24) is 0 Å². The van der Waals surface area contributed by atoms with Crippen LogP contribution in [0.15, 0.2) is 36.4 Å². The van der Waals surface area contributed by atoms with Crippen molar-refractivity contribution in [3.63, 3.8) is 0 Å². The van der Waals surface area contributed by atoms with Gasteiger partial charge in [0.1, 0.15) is 11.5 Å². The van der Waals surface area contributed by atoms with E-state index < -0.39 is 0 Å². The number of carbonyl (C=O) groups excluding carboxylic acids is 2. The number of unbranched alkanes of at least 4 members (excludes halogenated alkanes) is 16. The summed E-state index contributed by atoms with van der Waals surface area (Å²) in [5.74, 6) is 0.734. The molecule has 0 radical (unpaired) electrons. The van der Waals surface area contributed by atoms with Crippen LogP contribution in [0.3, 0.4) is 0 Å². The highest BCUT2D eigenvalue weighted by Crippen LogP contribution is 2.44. The molecule has 0 aliphatic carbocycles. The molecular formula is C40H58O4. The van der Waals surface area contributed by atoms with Gasteiger partial charge >= 0.3 is 11.9 Å². The van der Waals surface area contributed by atoms with Crippen LogP contribution < -0.4 is 9.47 Å². The van der Waals surface area contributed by atoms with E-state index in [1.54, 1.807) is 0 Å². The van der Waals surface area contributed by atoms with E-state index in [-0.39, 0.29) is 11.9 Å². The van der Waals surface area contributed by atoms with Crippen molar-refractivity contribution in [3.8, 4) is 11.5 Å². The number of esters is 2. The lowest BCUT2D eigenvalue weighted by Gasteiger charge is -2.17. The first-order chi connectivity index (χ1) is 21.4. The van der Waals surface area contributed by atoms with Gasteiger partial charge in [-0.05, 0) is 38.8 Å². The zero-order valence-electron chi connectivity index (χ0n) is 28.2. The first kappa shape index (κ1) is 35.6. The Morgan fingerprint density at radius 2 is 0.773 bits per heavy atom. The van der Waals surface area contributed by atoms with Crippen LogP contribution in [0.1, 0.15) is 153 Å². The van der Waals surface area contributed by atoms with Crippen LogP contribution in [0.2, 0.25) is 0 Å². The number of carbonyl (C=O) groups is 2. The number of hydrogen-bond acceptors (Lipinski definition) is 4. The van der Waals surface area contributed by atoms with Gasteiger partial charge in [-0.25, -0.2) is 0 Å². The lowest BCUT2D eigenvalue weighted by atomic mass is 9.97. The second-order valence-corrected chi connectivity index (χ2v) is 12.9. The number of rotatable bonds is 22. The second kappa shape index (κ2) is 20.2. The van der Waals surface area contributed by atoms with Crippen LogP contribution in [-0.2, 0) is 9.59 Å². The van der Waals surface area contributed by atoms with Crippen molar-refractivity contribution < 1.29 is 19.1 Å². The molecule has 0 saturated carbocycles. The molecule has 242 valence electrons. The second-order valence-electron chi connectivity index (χ2n) is 12.9. The molecule has 0 bridgehead atoms. The fourth-order valence-electron chi connectivity index (χ4n) is 6.09. The summed E-state index contributed by atoms with van der Waals surface area (Å²) in [6.45, 7) is 8.55. The van der Waals surface area contributed by atoms with Gasteiger partial charge in [0.25, 0.3) is 0 Å². The van der Waals surface area contributed by atoms with E-state index in [0.29, 0.717) is 24.3 Å². The fraction of sp³-hybridized carbons (Fsp3) is 0.600. The van der Waals surface area contributed by atoms with E-state index in [1.807, 2.05) is 50.2 Å². The third kappa shape index (κ3) is 11.9. The smallest absolute Gasteiger partial charge is 0.311 e. The molecular weight excluding hydrogens is 544 g/mol. The summed E-state index contributed by atoms with van der Waals surface area (Å²) < 4.78 is 12.2. The Balaban J connectivity index is 1.65. The highest BCUT2D eigenvalue weighted by atomic mass is 16.5. The zero-order valence-corrected chi connectivity index (χ0v) is 28.2. The minimum atomic E-state index is -0.201. The molecule has 0 fully saturated rings. The van der Waals surface area contributed by atoms with Crippen molar-refractivity contribution in [2.75, 3.05) is 0 Å². The standard InChI is InChI=1S/C40H58O4/c1-5-7-9-11-13-15-17-19-21-23-37(41)43-39-33-27-25-32(4)30-36(33)40(34-28-26-31(3)29-35(34)39)44-38(42)24-22-20-18-16-14-12-10-8-6-2/h25-30H,5-24H2,1-4H3. The molecule has 4 heteroatoms. The minimum absolute atomic E-state index is 0.201. The van der Waals surface area contributed by atoms with Gasteiger partial charge in [-0.15, -0.1) is 0 Å². The SMILES string of the molecule is CCCCCCCCCCCC(=O)Oc1c2ccc(C)cc2c(OC(=O)CCCCCCCCCCC)c2ccc(C)cc12. The van der Waals surface area contributed by atoms with Gasteiger partial charge in [-0.2, -0.15) is 0 Å². The molecule has 3 aromatic carbocycles. The highest BCUT2D eigenvalue weighted by molar-refractivity contribution is 6.13. The molecule has 0 amide bonds. The Morgan fingerprint density at radius 3 is 1.11 bits per heavy atom. The summed E-state index contributed by atoms with van der Waals surface area (Å²) in [5, 5.41) is 3.24. The average molecular weight is 603 g/mol. The van der Waals surface area contributed by atoms with E-state index in [2.05, 4.69) is 13.8 Å². The maximum atomic E-state index is 13.1. The van der Waals surface area contributed by atoms with Crippen molar-refractivity contribution in [2.24, 2.45) is 0 Å². The third-order valence-electron chi connectivity index (χ3n) is 8.73. The molecule has 0 aliphatic heterocycles. The van der Waals surface area contributed by atoms with E-state index in [1.165, 1.54) is 89.9 Å². The molecule has 0 aromatic heterocycles. The maximum Gasteiger partial charge on any atom is 0.311 e. The maximum absolute atomic E-state index is 13.1. The number of fused-ring (bicyclic) bond motifs is 2. The van der Waals surface area contributed by atoms with Crippen LogP contribution in [0.5, 0.6) is 11.5 Å². The van der Waals surface area contributed by atoms with Crippen molar-refractivity contribution in [1.29, 1.82) is 0 Å². The number of hydrogen-bond donors (Lipinski definition) is 0. The van der Waals surface area contributed by atoms with E-state index in [9.17, 15) is 9.59 Å². The topological polar surface area (TPSA) is 52.6 Å². The van der Waals surface area contributed by atoms with Crippen LogP contribution in [0.25, 0.3) is 21.5 Å². The lowest BCUT2D eigenvalue weighted by Crippen LogP contribution is -2.11. The van der Waals surface area contributed by atoms with Gasteiger partial charge in [-0.1, -0.05) is 152 Å². The summed E-state index contributed by atoms with van der Waals surface area (Å²) >= 11 is 0. The first-order valence-electron chi connectivity index (χ1n) is 17.8. The van der Waals surface area contributed by atoms with Crippen LogP contribution in [-0.4, -0.2) is 11.9 Å². The molecule has 0 aliphatic rings. The monoisotopic (exact) mass is 602 g/mol. The van der Waals surface area contributed by atoms with Gasteiger partial charge in [0.05, 0.1) is 0 Å². The zero-order chi connectivity index (χ0) is 31.6. The predicted molar refractivity (Wildman–Crippen MR) is 186 cm³/mol. The largest absolute Gasteiger partial charge is 0.425 e. The molecule has 3 aromatic rings. The van der Waals surface area contributed by atoms with Gasteiger partial charge in [0, 0.05) is 34.4 Å². The Bertz CT molecular complexity index is 1210. The molecule has 0 saturated heterocycles. The molecule has 4 nitrogen and oxygen atoms in total. The number of benzene rings is 3. The quantitative estimate of drug-likeness (QED) is 0.0497. The molecule has 0 heterocycles. The van der Waals surface area contributed by atoms with Crippen molar-refractivity contribution >= 4 is 33.5 Å². The van der Waals surface area contributed by atoms with Crippen LogP contribution in [0, 0.1) is 13.8 Å².